The Morgan fingerprint density at radius 3 is 2.44 bits per heavy atom. The van der Waals surface area contributed by atoms with Gasteiger partial charge in [0.15, 0.2) is 0 Å². The molecule has 1 aromatic heterocycles. The molecule has 8 heteroatoms. The van der Waals surface area contributed by atoms with E-state index < -0.39 is 11.7 Å². The molecule has 1 heterocycles. The molecule has 134 valence electrons. The molecule has 2 amide bonds. The minimum atomic E-state index is -0.576. The summed E-state index contributed by atoms with van der Waals surface area (Å²) in [7, 11) is 0. The number of hydrogen-bond donors (Lipinski definition) is 3. The van der Waals surface area contributed by atoms with Crippen molar-refractivity contribution in [2.45, 2.75) is 26.4 Å². The Labute approximate surface area is 145 Å². The van der Waals surface area contributed by atoms with E-state index in [-0.39, 0.29) is 30.5 Å². The lowest BCUT2D eigenvalue weighted by atomic mass is 10.1. The zero-order valence-corrected chi connectivity index (χ0v) is 14.4. The Morgan fingerprint density at radius 1 is 1.16 bits per heavy atom. The number of ether oxygens (including phenoxy) is 1. The molecule has 25 heavy (non-hydrogen) atoms. The summed E-state index contributed by atoms with van der Waals surface area (Å²) in [5.74, 6) is -0.728. The lowest BCUT2D eigenvalue weighted by Crippen LogP contribution is -2.38. The SMILES string of the molecule is CC(C)(C)OC(=O)NCCNC(=O)c1[nH]ncc1-c1ccc(F)cc1. The minimum absolute atomic E-state index is 0.222. The van der Waals surface area contributed by atoms with Crippen LogP contribution in [0.1, 0.15) is 31.3 Å². The highest BCUT2D eigenvalue weighted by Gasteiger charge is 2.17. The van der Waals surface area contributed by atoms with Crippen LogP contribution in [0.15, 0.2) is 30.5 Å². The van der Waals surface area contributed by atoms with Crippen LogP contribution in [0.3, 0.4) is 0 Å². The molecule has 1 aromatic carbocycles. The molecule has 0 bridgehead atoms. The molecule has 0 aliphatic carbocycles. The van der Waals surface area contributed by atoms with Gasteiger partial charge in [-0.25, -0.2) is 9.18 Å². The molecule has 0 unspecified atom stereocenters. The molecule has 0 spiro atoms. The van der Waals surface area contributed by atoms with E-state index in [0.29, 0.717) is 11.1 Å². The van der Waals surface area contributed by atoms with Gasteiger partial charge in [0, 0.05) is 18.7 Å². The summed E-state index contributed by atoms with van der Waals surface area (Å²) in [5.41, 5.74) is 0.932. The molecule has 0 radical (unpaired) electrons. The van der Waals surface area contributed by atoms with Crippen LogP contribution in [0.2, 0.25) is 0 Å². The van der Waals surface area contributed by atoms with Crippen LogP contribution in [-0.2, 0) is 4.74 Å². The Balaban J connectivity index is 1.87. The Bertz CT molecular complexity index is 735. The maximum atomic E-state index is 13.0. The first kappa shape index (κ1) is 18.4. The van der Waals surface area contributed by atoms with Crippen LogP contribution >= 0.6 is 0 Å². The molecule has 0 aliphatic rings. The molecule has 0 saturated heterocycles. The quantitative estimate of drug-likeness (QED) is 0.723. The molecule has 0 aliphatic heterocycles. The van der Waals surface area contributed by atoms with Crippen LogP contribution in [0.5, 0.6) is 0 Å². The first-order chi connectivity index (χ1) is 11.8. The van der Waals surface area contributed by atoms with Crippen LogP contribution in [0.25, 0.3) is 11.1 Å². The van der Waals surface area contributed by atoms with Crippen molar-refractivity contribution < 1.29 is 18.7 Å². The molecular weight excluding hydrogens is 327 g/mol. The van der Waals surface area contributed by atoms with E-state index in [1.165, 1.54) is 18.3 Å². The van der Waals surface area contributed by atoms with Crippen LogP contribution in [-0.4, -0.2) is 40.9 Å². The van der Waals surface area contributed by atoms with Crippen molar-refractivity contribution in [3.63, 3.8) is 0 Å². The summed E-state index contributed by atoms with van der Waals surface area (Å²) >= 11 is 0. The second-order valence-electron chi connectivity index (χ2n) is 6.35. The van der Waals surface area contributed by atoms with Gasteiger partial charge in [-0.2, -0.15) is 5.10 Å². The monoisotopic (exact) mass is 348 g/mol. The number of rotatable bonds is 5. The summed E-state index contributed by atoms with van der Waals surface area (Å²) in [6, 6.07) is 5.77. The maximum Gasteiger partial charge on any atom is 0.407 e. The summed E-state index contributed by atoms with van der Waals surface area (Å²) in [6.07, 6.45) is 0.955. The van der Waals surface area contributed by atoms with Crippen molar-refractivity contribution in [2.24, 2.45) is 0 Å². The number of halogens is 1. The van der Waals surface area contributed by atoms with E-state index >= 15 is 0 Å². The molecule has 0 saturated carbocycles. The molecule has 7 nitrogen and oxygen atoms in total. The highest BCUT2D eigenvalue weighted by Crippen LogP contribution is 2.22. The zero-order chi connectivity index (χ0) is 18.4. The summed E-state index contributed by atoms with van der Waals surface area (Å²) in [6.45, 7) is 5.75. The van der Waals surface area contributed by atoms with Crippen LogP contribution in [0.4, 0.5) is 9.18 Å². The summed E-state index contributed by atoms with van der Waals surface area (Å²) in [4.78, 5) is 23.7. The van der Waals surface area contributed by atoms with Crippen molar-refractivity contribution in [1.82, 2.24) is 20.8 Å². The largest absolute Gasteiger partial charge is 0.444 e. The fourth-order valence-corrected chi connectivity index (χ4v) is 2.05. The first-order valence-electron chi connectivity index (χ1n) is 7.80. The van der Waals surface area contributed by atoms with Gasteiger partial charge in [-0.1, -0.05) is 12.1 Å². The topological polar surface area (TPSA) is 96.1 Å². The van der Waals surface area contributed by atoms with E-state index in [2.05, 4.69) is 20.8 Å². The van der Waals surface area contributed by atoms with Gasteiger partial charge in [-0.05, 0) is 38.5 Å². The smallest absolute Gasteiger partial charge is 0.407 e. The Morgan fingerprint density at radius 2 is 1.80 bits per heavy atom. The molecule has 0 atom stereocenters. The number of aromatic nitrogens is 2. The van der Waals surface area contributed by atoms with Gasteiger partial charge in [0.05, 0.1) is 6.20 Å². The number of aromatic amines is 1. The van der Waals surface area contributed by atoms with Crippen LogP contribution in [0, 0.1) is 5.82 Å². The fourth-order valence-electron chi connectivity index (χ4n) is 2.05. The van der Waals surface area contributed by atoms with Gasteiger partial charge in [0.2, 0.25) is 0 Å². The number of benzene rings is 1. The third-order valence-corrected chi connectivity index (χ3v) is 3.10. The molecule has 0 fully saturated rings. The van der Waals surface area contributed by atoms with Gasteiger partial charge in [0.25, 0.3) is 5.91 Å². The number of carbonyl (C=O) groups is 2. The predicted molar refractivity (Wildman–Crippen MR) is 90.6 cm³/mol. The average molecular weight is 348 g/mol. The lowest BCUT2D eigenvalue weighted by Gasteiger charge is -2.19. The number of carbonyl (C=O) groups excluding carboxylic acids is 2. The Kier molecular flexibility index (Phi) is 5.74. The van der Waals surface area contributed by atoms with Gasteiger partial charge in [-0.3, -0.25) is 9.89 Å². The number of H-pyrrole nitrogens is 1. The highest BCUT2D eigenvalue weighted by atomic mass is 19.1. The maximum absolute atomic E-state index is 13.0. The van der Waals surface area contributed by atoms with Crippen molar-refractivity contribution in [1.29, 1.82) is 0 Å². The number of hydrogen-bond acceptors (Lipinski definition) is 4. The first-order valence-corrected chi connectivity index (χ1v) is 7.80. The highest BCUT2D eigenvalue weighted by molar-refractivity contribution is 5.98. The average Bonchev–Trinajstić information content (AvgIpc) is 3.00. The van der Waals surface area contributed by atoms with E-state index in [0.717, 1.165) is 0 Å². The van der Waals surface area contributed by atoms with Gasteiger partial charge in [-0.15, -0.1) is 0 Å². The van der Waals surface area contributed by atoms with Gasteiger partial charge in [0.1, 0.15) is 17.1 Å². The third kappa shape index (κ3) is 5.59. The molecule has 3 N–H and O–H groups in total. The van der Waals surface area contributed by atoms with E-state index in [4.69, 9.17) is 4.74 Å². The standard InChI is InChI=1S/C17H21FN4O3/c1-17(2,3)25-16(24)20-9-8-19-15(23)14-13(10-21-22-14)11-4-6-12(18)7-5-11/h4-7,10H,8-9H2,1-3H3,(H,19,23)(H,20,24)(H,21,22). The fraction of sp³-hybridized carbons (Fsp3) is 0.353. The van der Waals surface area contributed by atoms with Crippen molar-refractivity contribution >= 4 is 12.0 Å². The zero-order valence-electron chi connectivity index (χ0n) is 14.4. The summed E-state index contributed by atoms with van der Waals surface area (Å²) in [5, 5.41) is 11.7. The number of nitrogens with one attached hydrogen (secondary N) is 3. The van der Waals surface area contributed by atoms with Gasteiger partial charge < -0.3 is 15.4 Å². The number of nitrogens with zero attached hydrogens (tertiary/aromatic N) is 1. The number of amides is 2. The predicted octanol–water partition coefficient (Wildman–Crippen LogP) is 2.47. The summed E-state index contributed by atoms with van der Waals surface area (Å²) < 4.78 is 18.1. The van der Waals surface area contributed by atoms with E-state index in [9.17, 15) is 14.0 Å². The normalized spacial score (nSPS) is 11.0. The third-order valence-electron chi connectivity index (χ3n) is 3.10. The molecule has 2 aromatic rings. The minimum Gasteiger partial charge on any atom is -0.444 e. The van der Waals surface area contributed by atoms with E-state index in [1.807, 2.05) is 0 Å². The van der Waals surface area contributed by atoms with E-state index in [1.54, 1.807) is 32.9 Å². The van der Waals surface area contributed by atoms with Crippen molar-refractivity contribution in [3.8, 4) is 11.1 Å². The Hall–Kier alpha value is -2.90. The lowest BCUT2D eigenvalue weighted by molar-refractivity contribution is 0.0526. The van der Waals surface area contributed by atoms with Crippen molar-refractivity contribution in [3.05, 3.63) is 42.0 Å². The second-order valence-corrected chi connectivity index (χ2v) is 6.35. The molecular formula is C17H21FN4O3. The van der Waals surface area contributed by atoms with Crippen LogP contribution < -0.4 is 10.6 Å². The molecule has 2 rings (SSSR count). The number of alkyl carbamates (subject to hydrolysis) is 1. The van der Waals surface area contributed by atoms with Gasteiger partial charge >= 0.3 is 6.09 Å². The van der Waals surface area contributed by atoms with Crippen molar-refractivity contribution in [2.75, 3.05) is 13.1 Å². The second kappa shape index (κ2) is 7.78.